The number of carbonyl (C=O) groups excluding carboxylic acids is 1. The molecule has 0 bridgehead atoms. The van der Waals surface area contributed by atoms with Crippen LogP contribution >= 0.6 is 0 Å². The van der Waals surface area contributed by atoms with Crippen LogP contribution in [0.4, 0.5) is 0 Å². The van der Waals surface area contributed by atoms with Gasteiger partial charge in [0.05, 0.1) is 11.3 Å². The van der Waals surface area contributed by atoms with Crippen molar-refractivity contribution in [2.45, 2.75) is 32.1 Å². The normalized spacial score (nSPS) is 25.8. The Morgan fingerprint density at radius 1 is 1.44 bits per heavy atom. The number of rotatable bonds is 5. The number of hydrogen-bond acceptors (Lipinski definition) is 3. The molecule has 0 aromatic rings. The zero-order valence-corrected chi connectivity index (χ0v) is 10.9. The zero-order chi connectivity index (χ0) is 13.2. The third-order valence-corrected chi connectivity index (χ3v) is 4.15. The maximum absolute atomic E-state index is 12.4. The lowest BCUT2D eigenvalue weighted by Gasteiger charge is -2.33. The Morgan fingerprint density at radius 2 is 2.17 bits per heavy atom. The average molecular weight is 255 g/mol. The van der Waals surface area contributed by atoms with Gasteiger partial charge in [0, 0.05) is 26.8 Å². The Balaban J connectivity index is 1.94. The second-order valence-electron chi connectivity index (χ2n) is 5.45. The van der Waals surface area contributed by atoms with Gasteiger partial charge in [-0.1, -0.05) is 0 Å². The second kappa shape index (κ2) is 5.26. The van der Waals surface area contributed by atoms with E-state index in [1.165, 1.54) is 0 Å². The quantitative estimate of drug-likeness (QED) is 0.799. The van der Waals surface area contributed by atoms with Crippen LogP contribution in [0.3, 0.4) is 0 Å². The molecule has 2 rings (SSSR count). The van der Waals surface area contributed by atoms with Gasteiger partial charge < -0.3 is 14.7 Å². The van der Waals surface area contributed by atoms with Crippen LogP contribution in [0, 0.1) is 11.3 Å². The highest BCUT2D eigenvalue weighted by Crippen LogP contribution is 2.50. The molecule has 1 amide bonds. The summed E-state index contributed by atoms with van der Waals surface area (Å²) in [6.45, 7) is 1.68. The predicted molar refractivity (Wildman–Crippen MR) is 65.1 cm³/mol. The molecule has 0 aromatic carbocycles. The summed E-state index contributed by atoms with van der Waals surface area (Å²) in [4.78, 5) is 25.2. The summed E-state index contributed by atoms with van der Waals surface area (Å²) in [5, 5.41) is 9.04. The Bertz CT molecular complexity index is 338. The van der Waals surface area contributed by atoms with Gasteiger partial charge in [-0.25, -0.2) is 0 Å². The van der Waals surface area contributed by atoms with Crippen LogP contribution in [0.5, 0.6) is 0 Å². The first kappa shape index (κ1) is 13.3. The number of amides is 1. The maximum Gasteiger partial charge on any atom is 0.308 e. The van der Waals surface area contributed by atoms with Gasteiger partial charge in [-0.05, 0) is 32.1 Å². The highest BCUT2D eigenvalue weighted by atomic mass is 16.5. The molecule has 1 aliphatic heterocycles. The number of ether oxygens (including phenoxy) is 1. The van der Waals surface area contributed by atoms with E-state index < -0.39 is 5.97 Å². The summed E-state index contributed by atoms with van der Waals surface area (Å²) in [7, 11) is 1.64. The number of carboxylic acid groups (broad SMARTS) is 1. The van der Waals surface area contributed by atoms with Crippen molar-refractivity contribution < 1.29 is 19.4 Å². The van der Waals surface area contributed by atoms with Gasteiger partial charge in [0.1, 0.15) is 0 Å². The lowest BCUT2D eigenvalue weighted by Crippen LogP contribution is -2.45. The van der Waals surface area contributed by atoms with Gasteiger partial charge in [0.25, 0.3) is 0 Å². The molecule has 0 spiro atoms. The van der Waals surface area contributed by atoms with Crippen molar-refractivity contribution >= 4 is 11.9 Å². The van der Waals surface area contributed by atoms with E-state index in [9.17, 15) is 9.59 Å². The molecular formula is C13H21NO4. The van der Waals surface area contributed by atoms with Crippen LogP contribution in [0.15, 0.2) is 0 Å². The summed E-state index contributed by atoms with van der Waals surface area (Å²) in [5.74, 6) is -1.03. The van der Waals surface area contributed by atoms with Gasteiger partial charge in [-0.3, -0.25) is 9.59 Å². The molecule has 18 heavy (non-hydrogen) atoms. The molecular weight excluding hydrogens is 234 g/mol. The summed E-state index contributed by atoms with van der Waals surface area (Å²) < 4.78 is 5.05. The number of carboxylic acids is 1. The number of aliphatic carboxylic acids is 1. The molecule has 0 radical (unpaired) electrons. The molecule has 1 atom stereocenters. The van der Waals surface area contributed by atoms with Crippen molar-refractivity contribution in [3.05, 3.63) is 0 Å². The van der Waals surface area contributed by atoms with Crippen molar-refractivity contribution in [1.82, 2.24) is 4.90 Å². The first-order chi connectivity index (χ1) is 8.59. The second-order valence-corrected chi connectivity index (χ2v) is 5.45. The van der Waals surface area contributed by atoms with E-state index in [-0.39, 0.29) is 17.2 Å². The van der Waals surface area contributed by atoms with E-state index in [0.29, 0.717) is 26.1 Å². The molecule has 1 saturated carbocycles. The molecule has 1 heterocycles. The monoisotopic (exact) mass is 255 g/mol. The van der Waals surface area contributed by atoms with Gasteiger partial charge in [-0.15, -0.1) is 0 Å². The van der Waals surface area contributed by atoms with E-state index in [0.717, 1.165) is 25.7 Å². The van der Waals surface area contributed by atoms with Crippen LogP contribution in [0.1, 0.15) is 32.1 Å². The number of hydrogen-bond donors (Lipinski definition) is 1. The zero-order valence-electron chi connectivity index (χ0n) is 10.9. The highest BCUT2D eigenvalue weighted by molar-refractivity contribution is 5.86. The predicted octanol–water partition coefficient (Wildman–Crippen LogP) is 1.13. The first-order valence-electron chi connectivity index (χ1n) is 6.60. The van der Waals surface area contributed by atoms with Crippen LogP contribution in [-0.4, -0.2) is 48.7 Å². The largest absolute Gasteiger partial charge is 0.481 e. The van der Waals surface area contributed by atoms with E-state index >= 15 is 0 Å². The molecule has 0 aromatic heterocycles. The summed E-state index contributed by atoms with van der Waals surface area (Å²) in [5.41, 5.74) is -0.240. The summed E-state index contributed by atoms with van der Waals surface area (Å²) in [6.07, 6.45) is 4.08. The third-order valence-electron chi connectivity index (χ3n) is 4.15. The SMILES string of the molecule is COCCC1(C(=O)N2CCCC(C(=O)O)C2)CC1. The fourth-order valence-corrected chi connectivity index (χ4v) is 2.72. The van der Waals surface area contributed by atoms with Gasteiger partial charge >= 0.3 is 5.97 Å². The maximum atomic E-state index is 12.4. The molecule has 2 fully saturated rings. The minimum atomic E-state index is -0.783. The van der Waals surface area contributed by atoms with Crippen LogP contribution in [0.25, 0.3) is 0 Å². The van der Waals surface area contributed by atoms with Gasteiger partial charge in [-0.2, -0.15) is 0 Å². The van der Waals surface area contributed by atoms with Crippen LogP contribution < -0.4 is 0 Å². The molecule has 5 heteroatoms. The van der Waals surface area contributed by atoms with E-state index in [1.807, 2.05) is 0 Å². The smallest absolute Gasteiger partial charge is 0.308 e. The van der Waals surface area contributed by atoms with Gasteiger partial charge in [0.2, 0.25) is 5.91 Å². The number of methoxy groups -OCH3 is 1. The molecule has 2 aliphatic rings. The van der Waals surface area contributed by atoms with Crippen molar-refractivity contribution in [1.29, 1.82) is 0 Å². The minimum Gasteiger partial charge on any atom is -0.481 e. The Labute approximate surface area is 107 Å². The first-order valence-corrected chi connectivity index (χ1v) is 6.60. The highest BCUT2D eigenvalue weighted by Gasteiger charge is 2.51. The van der Waals surface area contributed by atoms with Crippen LogP contribution in [0.2, 0.25) is 0 Å². The number of piperidine rings is 1. The lowest BCUT2D eigenvalue weighted by molar-refractivity contribution is -0.147. The number of carbonyl (C=O) groups is 2. The number of likely N-dealkylation sites (tertiary alicyclic amines) is 1. The fourth-order valence-electron chi connectivity index (χ4n) is 2.72. The van der Waals surface area contributed by atoms with Gasteiger partial charge in [0.15, 0.2) is 0 Å². The summed E-state index contributed by atoms with van der Waals surface area (Å²) in [6, 6.07) is 0. The standard InChI is InChI=1S/C13H21NO4/c1-18-8-6-13(4-5-13)12(17)14-7-2-3-10(9-14)11(15)16/h10H,2-9H2,1H3,(H,15,16). The van der Waals surface area contributed by atoms with Crippen LogP contribution in [-0.2, 0) is 14.3 Å². The minimum absolute atomic E-state index is 0.144. The average Bonchev–Trinajstić information content (AvgIpc) is 3.17. The molecule has 1 saturated heterocycles. The lowest BCUT2D eigenvalue weighted by atomic mass is 9.94. The molecule has 1 N–H and O–H groups in total. The molecule has 1 unspecified atom stereocenters. The summed E-state index contributed by atoms with van der Waals surface area (Å²) >= 11 is 0. The molecule has 1 aliphatic carbocycles. The van der Waals surface area contributed by atoms with Crippen molar-refractivity contribution in [2.75, 3.05) is 26.8 Å². The van der Waals surface area contributed by atoms with Crippen molar-refractivity contribution in [3.63, 3.8) is 0 Å². The van der Waals surface area contributed by atoms with E-state index in [2.05, 4.69) is 0 Å². The van der Waals surface area contributed by atoms with Crippen molar-refractivity contribution in [3.8, 4) is 0 Å². The molecule has 102 valence electrons. The third kappa shape index (κ3) is 2.66. The Hall–Kier alpha value is -1.10. The fraction of sp³-hybridized carbons (Fsp3) is 0.846. The topological polar surface area (TPSA) is 66.8 Å². The number of nitrogens with zero attached hydrogens (tertiary/aromatic N) is 1. The van der Waals surface area contributed by atoms with Crippen molar-refractivity contribution in [2.24, 2.45) is 11.3 Å². The van der Waals surface area contributed by atoms with E-state index in [4.69, 9.17) is 9.84 Å². The Kier molecular flexibility index (Phi) is 3.90. The van der Waals surface area contributed by atoms with E-state index in [1.54, 1.807) is 12.0 Å². The Morgan fingerprint density at radius 3 is 2.72 bits per heavy atom. The molecule has 5 nitrogen and oxygen atoms in total.